The van der Waals surface area contributed by atoms with Gasteiger partial charge in [-0.25, -0.2) is 9.97 Å². The van der Waals surface area contributed by atoms with E-state index in [1.54, 1.807) is 0 Å². The van der Waals surface area contributed by atoms with E-state index in [-0.39, 0.29) is 5.91 Å². The van der Waals surface area contributed by atoms with Crippen molar-refractivity contribution < 1.29 is 4.79 Å². The van der Waals surface area contributed by atoms with Gasteiger partial charge in [-0.15, -0.1) is 0 Å². The molecule has 1 aromatic carbocycles. The van der Waals surface area contributed by atoms with Crippen molar-refractivity contribution >= 4 is 17.5 Å². The number of nitrogens with zero attached hydrogens (tertiary/aromatic N) is 4. The Labute approximate surface area is 142 Å². The summed E-state index contributed by atoms with van der Waals surface area (Å²) in [7, 11) is 0. The maximum Gasteiger partial charge on any atom is 0.225 e. The Kier molecular flexibility index (Phi) is 5.38. The molecule has 0 radical (unpaired) electrons. The molecular formula is C18H23N5O. The summed E-state index contributed by atoms with van der Waals surface area (Å²) in [5, 5.41) is 2.79. The topological polar surface area (TPSA) is 61.4 Å². The Morgan fingerprint density at radius 2 is 1.88 bits per heavy atom. The maximum absolute atomic E-state index is 11.5. The van der Waals surface area contributed by atoms with Gasteiger partial charge in [0.25, 0.3) is 0 Å². The Balaban J connectivity index is 1.56. The normalized spacial score (nSPS) is 15.3. The van der Waals surface area contributed by atoms with Crippen LogP contribution in [-0.2, 0) is 11.3 Å². The number of benzene rings is 1. The zero-order valence-corrected chi connectivity index (χ0v) is 14.0. The predicted octanol–water partition coefficient (Wildman–Crippen LogP) is 2.15. The molecule has 126 valence electrons. The van der Waals surface area contributed by atoms with Gasteiger partial charge in [-0.3, -0.25) is 9.69 Å². The average Bonchev–Trinajstić information content (AvgIpc) is 2.63. The third-order valence-corrected chi connectivity index (χ3v) is 4.19. The first-order valence-corrected chi connectivity index (χ1v) is 8.37. The van der Waals surface area contributed by atoms with Crippen molar-refractivity contribution in [2.75, 3.05) is 36.4 Å². The van der Waals surface area contributed by atoms with Crippen molar-refractivity contribution in [3.63, 3.8) is 0 Å². The van der Waals surface area contributed by atoms with E-state index in [0.29, 0.717) is 12.2 Å². The van der Waals surface area contributed by atoms with E-state index in [1.807, 2.05) is 19.1 Å². The summed E-state index contributed by atoms with van der Waals surface area (Å²) in [6, 6.07) is 12.4. The van der Waals surface area contributed by atoms with E-state index in [0.717, 1.165) is 38.5 Å². The molecule has 1 aromatic heterocycles. The van der Waals surface area contributed by atoms with E-state index in [2.05, 4.69) is 49.4 Å². The molecule has 2 aromatic rings. The molecule has 0 aliphatic carbocycles. The van der Waals surface area contributed by atoms with Gasteiger partial charge < -0.3 is 10.2 Å². The summed E-state index contributed by atoms with van der Waals surface area (Å²) in [6.45, 7) is 6.64. The summed E-state index contributed by atoms with van der Waals surface area (Å²) in [5.74, 6) is 1.40. The first-order chi connectivity index (χ1) is 11.7. The lowest BCUT2D eigenvalue weighted by atomic mass is 10.2. The molecule has 0 atom stereocenters. The molecule has 6 nitrogen and oxygen atoms in total. The largest absolute Gasteiger partial charge is 0.354 e. The molecule has 0 spiro atoms. The van der Waals surface area contributed by atoms with Gasteiger partial charge in [0.2, 0.25) is 5.91 Å². The molecule has 1 amide bonds. The van der Waals surface area contributed by atoms with Crippen molar-refractivity contribution in [3.05, 3.63) is 48.3 Å². The minimum absolute atomic E-state index is 0.0349. The third-order valence-electron chi connectivity index (χ3n) is 4.19. The summed E-state index contributed by atoms with van der Waals surface area (Å²) in [4.78, 5) is 24.6. The van der Waals surface area contributed by atoms with Crippen LogP contribution in [0.1, 0.15) is 18.9 Å². The Morgan fingerprint density at radius 1 is 1.12 bits per heavy atom. The number of hydrogen-bond donors (Lipinski definition) is 1. The Bertz CT molecular complexity index is 668. The molecule has 1 aliphatic heterocycles. The highest BCUT2D eigenvalue weighted by atomic mass is 16.1. The predicted molar refractivity (Wildman–Crippen MR) is 94.9 cm³/mol. The van der Waals surface area contributed by atoms with Crippen LogP contribution in [0.15, 0.2) is 42.7 Å². The number of piperazine rings is 1. The quantitative estimate of drug-likeness (QED) is 0.913. The number of carbonyl (C=O) groups is 1. The van der Waals surface area contributed by atoms with Crippen LogP contribution in [0, 0.1) is 0 Å². The standard InChI is InChI=1S/C18H23N5O/c1-2-18(24)21-16-12-17(20-14-19-16)23-10-8-22(9-11-23)13-15-6-4-3-5-7-15/h3-7,12,14H,2,8-11,13H2,1H3,(H,19,20,21,24). The van der Waals surface area contributed by atoms with Crippen molar-refractivity contribution in [1.29, 1.82) is 0 Å². The molecule has 6 heteroatoms. The second kappa shape index (κ2) is 7.88. The molecule has 1 N–H and O–H groups in total. The SMILES string of the molecule is CCC(=O)Nc1cc(N2CCN(Cc3ccccc3)CC2)ncn1. The van der Waals surface area contributed by atoms with E-state index in [1.165, 1.54) is 11.9 Å². The van der Waals surface area contributed by atoms with Crippen molar-refractivity contribution in [2.45, 2.75) is 19.9 Å². The number of amides is 1. The van der Waals surface area contributed by atoms with Crippen molar-refractivity contribution in [2.24, 2.45) is 0 Å². The van der Waals surface area contributed by atoms with Gasteiger partial charge in [0.05, 0.1) is 0 Å². The van der Waals surface area contributed by atoms with Crippen LogP contribution < -0.4 is 10.2 Å². The highest BCUT2D eigenvalue weighted by Gasteiger charge is 2.18. The van der Waals surface area contributed by atoms with Crippen LogP contribution in [0.2, 0.25) is 0 Å². The van der Waals surface area contributed by atoms with Gasteiger partial charge in [0.1, 0.15) is 18.0 Å². The second-order valence-corrected chi connectivity index (χ2v) is 5.91. The number of aromatic nitrogens is 2. The molecule has 1 aliphatic rings. The molecule has 2 heterocycles. The van der Waals surface area contributed by atoms with Gasteiger partial charge in [0, 0.05) is 45.2 Å². The van der Waals surface area contributed by atoms with Gasteiger partial charge in [-0.1, -0.05) is 37.3 Å². The lowest BCUT2D eigenvalue weighted by Gasteiger charge is -2.35. The van der Waals surface area contributed by atoms with Crippen LogP contribution in [0.5, 0.6) is 0 Å². The molecule has 24 heavy (non-hydrogen) atoms. The molecule has 0 bridgehead atoms. The van der Waals surface area contributed by atoms with Gasteiger partial charge >= 0.3 is 0 Å². The van der Waals surface area contributed by atoms with Crippen LogP contribution in [0.3, 0.4) is 0 Å². The van der Waals surface area contributed by atoms with E-state index >= 15 is 0 Å². The fourth-order valence-corrected chi connectivity index (χ4v) is 2.80. The highest BCUT2D eigenvalue weighted by molar-refractivity contribution is 5.89. The zero-order chi connectivity index (χ0) is 16.8. The lowest BCUT2D eigenvalue weighted by molar-refractivity contribution is -0.115. The third kappa shape index (κ3) is 4.29. The average molecular weight is 325 g/mol. The monoisotopic (exact) mass is 325 g/mol. The van der Waals surface area contributed by atoms with Crippen LogP contribution in [0.25, 0.3) is 0 Å². The molecule has 0 unspecified atom stereocenters. The molecule has 0 saturated carbocycles. The number of hydrogen-bond acceptors (Lipinski definition) is 5. The fourth-order valence-electron chi connectivity index (χ4n) is 2.80. The van der Waals surface area contributed by atoms with Crippen LogP contribution in [-0.4, -0.2) is 47.0 Å². The number of rotatable bonds is 5. The molecular weight excluding hydrogens is 302 g/mol. The van der Waals surface area contributed by atoms with Crippen LogP contribution in [0.4, 0.5) is 11.6 Å². The molecule has 1 fully saturated rings. The maximum atomic E-state index is 11.5. The number of nitrogens with one attached hydrogen (secondary N) is 1. The summed E-state index contributed by atoms with van der Waals surface area (Å²) in [5.41, 5.74) is 1.34. The number of anilines is 2. The first-order valence-electron chi connectivity index (χ1n) is 8.37. The molecule has 1 saturated heterocycles. The van der Waals surface area contributed by atoms with Crippen molar-refractivity contribution in [1.82, 2.24) is 14.9 Å². The van der Waals surface area contributed by atoms with Gasteiger partial charge in [-0.2, -0.15) is 0 Å². The Hall–Kier alpha value is -2.47. The van der Waals surface area contributed by atoms with E-state index < -0.39 is 0 Å². The lowest BCUT2D eigenvalue weighted by Crippen LogP contribution is -2.46. The highest BCUT2D eigenvalue weighted by Crippen LogP contribution is 2.17. The van der Waals surface area contributed by atoms with E-state index in [4.69, 9.17) is 0 Å². The number of carbonyl (C=O) groups excluding carboxylic acids is 1. The van der Waals surface area contributed by atoms with Crippen LogP contribution >= 0.6 is 0 Å². The molecule has 3 rings (SSSR count). The van der Waals surface area contributed by atoms with Gasteiger partial charge in [0.15, 0.2) is 0 Å². The van der Waals surface area contributed by atoms with E-state index in [9.17, 15) is 4.79 Å². The smallest absolute Gasteiger partial charge is 0.225 e. The zero-order valence-electron chi connectivity index (χ0n) is 14.0. The summed E-state index contributed by atoms with van der Waals surface area (Å²) < 4.78 is 0. The first kappa shape index (κ1) is 16.4. The summed E-state index contributed by atoms with van der Waals surface area (Å²) >= 11 is 0. The Morgan fingerprint density at radius 3 is 2.58 bits per heavy atom. The minimum Gasteiger partial charge on any atom is -0.354 e. The minimum atomic E-state index is -0.0349. The van der Waals surface area contributed by atoms with Crippen molar-refractivity contribution in [3.8, 4) is 0 Å². The fraction of sp³-hybridized carbons (Fsp3) is 0.389. The summed E-state index contributed by atoms with van der Waals surface area (Å²) in [6.07, 6.45) is 1.95. The second-order valence-electron chi connectivity index (χ2n) is 5.91. The van der Waals surface area contributed by atoms with Gasteiger partial charge in [-0.05, 0) is 5.56 Å².